The van der Waals surface area contributed by atoms with E-state index in [2.05, 4.69) is 21.4 Å². The summed E-state index contributed by atoms with van der Waals surface area (Å²) in [6.07, 6.45) is 4.28. The fourth-order valence-electron chi connectivity index (χ4n) is 1.65. The van der Waals surface area contributed by atoms with Crippen LogP contribution in [0.1, 0.15) is 26.7 Å². The van der Waals surface area contributed by atoms with Crippen molar-refractivity contribution in [2.75, 3.05) is 13.4 Å². The highest BCUT2D eigenvalue weighted by Gasteiger charge is 2.15. The number of nitrogens with one attached hydrogen (secondary N) is 1. The van der Waals surface area contributed by atoms with Gasteiger partial charge in [-0.25, -0.2) is 9.59 Å². The summed E-state index contributed by atoms with van der Waals surface area (Å²) >= 11 is 0. The summed E-state index contributed by atoms with van der Waals surface area (Å²) < 4.78 is 14.1. The largest absolute Gasteiger partial charge is 0.462 e. The van der Waals surface area contributed by atoms with Crippen LogP contribution in [0.25, 0.3) is 0 Å². The number of rotatable bonds is 8. The van der Waals surface area contributed by atoms with Crippen LogP contribution in [0.2, 0.25) is 0 Å². The third-order valence-corrected chi connectivity index (χ3v) is 3.02. The van der Waals surface area contributed by atoms with E-state index in [0.717, 1.165) is 12.2 Å². The Morgan fingerprint density at radius 2 is 1.84 bits per heavy atom. The van der Waals surface area contributed by atoms with Crippen LogP contribution >= 0.6 is 0 Å². The topological polar surface area (TPSA) is 108 Å². The summed E-state index contributed by atoms with van der Waals surface area (Å²) in [5.41, 5.74) is 1.13. The van der Waals surface area contributed by atoms with Crippen molar-refractivity contribution in [3.63, 3.8) is 0 Å². The lowest BCUT2D eigenvalue weighted by atomic mass is 10.1. The maximum absolute atomic E-state index is 11.6. The molecule has 0 fully saturated rings. The van der Waals surface area contributed by atoms with Crippen LogP contribution in [0.15, 0.2) is 36.1 Å². The van der Waals surface area contributed by atoms with Gasteiger partial charge in [0.25, 0.3) is 5.91 Å². The summed E-state index contributed by atoms with van der Waals surface area (Å²) in [5.74, 6) is -2.69. The van der Waals surface area contributed by atoms with Gasteiger partial charge in [-0.3, -0.25) is 9.59 Å². The Kier molecular flexibility index (Phi) is 8.11. The fraction of sp³-hybridized carbons (Fsp3) is 0.412. The molecule has 0 bridgehead atoms. The highest BCUT2D eigenvalue weighted by atomic mass is 16.7. The molecule has 1 rings (SSSR count). The number of hydrogen-bond acceptors (Lipinski definition) is 7. The van der Waals surface area contributed by atoms with Crippen LogP contribution < -0.4 is 5.32 Å². The zero-order chi connectivity index (χ0) is 18.8. The molecule has 136 valence electrons. The molecule has 25 heavy (non-hydrogen) atoms. The van der Waals surface area contributed by atoms with Gasteiger partial charge in [0.05, 0.1) is 12.5 Å². The first-order valence-electron chi connectivity index (χ1n) is 7.66. The van der Waals surface area contributed by atoms with Crippen molar-refractivity contribution in [1.82, 2.24) is 5.32 Å². The number of ether oxygens (including phenoxy) is 3. The quantitative estimate of drug-likeness (QED) is 0.397. The first kappa shape index (κ1) is 20.1. The van der Waals surface area contributed by atoms with Gasteiger partial charge in [-0.1, -0.05) is 26.5 Å². The van der Waals surface area contributed by atoms with Crippen molar-refractivity contribution in [2.24, 2.45) is 5.92 Å². The van der Waals surface area contributed by atoms with Crippen LogP contribution in [0, 0.1) is 5.92 Å². The van der Waals surface area contributed by atoms with Gasteiger partial charge in [-0.15, -0.1) is 0 Å². The summed E-state index contributed by atoms with van der Waals surface area (Å²) in [4.78, 5) is 45.5. The summed E-state index contributed by atoms with van der Waals surface area (Å²) in [7, 11) is 0. The van der Waals surface area contributed by atoms with Gasteiger partial charge >= 0.3 is 17.9 Å². The molecular weight excluding hydrogens is 330 g/mol. The van der Waals surface area contributed by atoms with E-state index < -0.39 is 24.7 Å². The first-order valence-corrected chi connectivity index (χ1v) is 7.66. The average molecular weight is 351 g/mol. The number of amides is 1. The fourth-order valence-corrected chi connectivity index (χ4v) is 1.65. The van der Waals surface area contributed by atoms with E-state index in [1.165, 1.54) is 0 Å². The molecule has 0 atom stereocenters. The molecule has 0 unspecified atom stereocenters. The Hall–Kier alpha value is -2.90. The predicted octanol–water partition coefficient (Wildman–Crippen LogP) is 1.14. The molecule has 0 aliphatic carbocycles. The third kappa shape index (κ3) is 7.96. The monoisotopic (exact) mass is 351 g/mol. The molecule has 1 aliphatic heterocycles. The van der Waals surface area contributed by atoms with Crippen LogP contribution in [0.5, 0.6) is 0 Å². The van der Waals surface area contributed by atoms with E-state index >= 15 is 0 Å². The lowest BCUT2D eigenvalue weighted by Gasteiger charge is -2.15. The van der Waals surface area contributed by atoms with Gasteiger partial charge in [0.1, 0.15) is 0 Å². The van der Waals surface area contributed by atoms with Crippen LogP contribution in [-0.4, -0.2) is 37.2 Å². The molecule has 0 spiro atoms. The molecule has 8 nitrogen and oxygen atoms in total. The average Bonchev–Trinajstić information content (AvgIpc) is 2.54. The minimum absolute atomic E-state index is 0.00402. The van der Waals surface area contributed by atoms with Gasteiger partial charge in [-0.2, -0.15) is 0 Å². The maximum Gasteiger partial charge on any atom is 0.333 e. The lowest BCUT2D eigenvalue weighted by Crippen LogP contribution is -2.27. The van der Waals surface area contributed by atoms with Gasteiger partial charge in [-0.05, 0) is 0 Å². The molecular formula is C17H21NO7. The second-order valence-corrected chi connectivity index (χ2v) is 5.44. The van der Waals surface area contributed by atoms with Crippen LogP contribution in [-0.2, 0) is 33.4 Å². The molecule has 1 N–H and O–H groups in total. The van der Waals surface area contributed by atoms with E-state index in [4.69, 9.17) is 4.74 Å². The van der Waals surface area contributed by atoms with E-state index in [1.54, 1.807) is 19.9 Å². The molecule has 0 radical (unpaired) electrons. The second kappa shape index (κ2) is 10.1. The molecule has 0 aromatic rings. The predicted molar refractivity (Wildman–Crippen MR) is 86.6 cm³/mol. The number of esters is 3. The smallest absolute Gasteiger partial charge is 0.333 e. The second-order valence-electron chi connectivity index (χ2n) is 5.44. The minimum Gasteiger partial charge on any atom is -0.462 e. The summed E-state index contributed by atoms with van der Waals surface area (Å²) in [5, 5.41) is 2.59. The highest BCUT2D eigenvalue weighted by Crippen LogP contribution is 2.12. The Morgan fingerprint density at radius 3 is 2.44 bits per heavy atom. The van der Waals surface area contributed by atoms with E-state index in [-0.39, 0.29) is 24.9 Å². The lowest BCUT2D eigenvalue weighted by molar-refractivity contribution is -0.166. The van der Waals surface area contributed by atoms with Gasteiger partial charge in [0.15, 0.2) is 0 Å². The van der Waals surface area contributed by atoms with Crippen molar-refractivity contribution < 1.29 is 33.4 Å². The molecule has 0 saturated heterocycles. The summed E-state index contributed by atoms with van der Waals surface area (Å²) in [6.45, 7) is 6.40. The van der Waals surface area contributed by atoms with Crippen molar-refractivity contribution in [3.05, 3.63) is 36.1 Å². The molecule has 1 aliphatic rings. The first-order chi connectivity index (χ1) is 11.8. The number of allylic oxidation sites excluding steroid dienone is 1. The maximum atomic E-state index is 11.6. The Labute approximate surface area is 145 Å². The SMILES string of the molecule is C=C1CC=C(CCOC(=O)/C=C/C(=O)OCOC(=O)C(C)C)C(=O)N1. The van der Waals surface area contributed by atoms with Gasteiger partial charge in [0.2, 0.25) is 6.79 Å². The number of carbonyl (C=O) groups is 4. The standard InChI is InChI=1S/C17H21NO7/c1-11(2)17(22)25-10-24-15(20)7-6-14(19)23-9-8-13-5-4-12(3)18-16(13)21/h5-7,11H,3-4,8-10H2,1-2H3,(H,18,21)/b7-6+. The van der Waals surface area contributed by atoms with E-state index in [1.807, 2.05) is 0 Å². The zero-order valence-electron chi connectivity index (χ0n) is 14.2. The normalized spacial score (nSPS) is 14.1. The molecule has 8 heteroatoms. The van der Waals surface area contributed by atoms with Crippen LogP contribution in [0.3, 0.4) is 0 Å². The minimum atomic E-state index is -0.846. The van der Waals surface area contributed by atoms with Gasteiger partial charge in [0, 0.05) is 36.3 Å². The Bertz CT molecular complexity index is 616. The van der Waals surface area contributed by atoms with Crippen molar-refractivity contribution in [2.45, 2.75) is 26.7 Å². The third-order valence-electron chi connectivity index (χ3n) is 3.02. The van der Waals surface area contributed by atoms with Crippen molar-refractivity contribution in [1.29, 1.82) is 0 Å². The Morgan fingerprint density at radius 1 is 1.20 bits per heavy atom. The number of carbonyl (C=O) groups excluding carboxylic acids is 4. The van der Waals surface area contributed by atoms with E-state index in [0.29, 0.717) is 17.7 Å². The molecule has 0 saturated carbocycles. The number of hydrogen-bond donors (Lipinski definition) is 1. The van der Waals surface area contributed by atoms with Crippen molar-refractivity contribution >= 4 is 23.8 Å². The van der Waals surface area contributed by atoms with Crippen LogP contribution in [0.4, 0.5) is 0 Å². The zero-order valence-corrected chi connectivity index (χ0v) is 14.2. The highest BCUT2D eigenvalue weighted by molar-refractivity contribution is 5.95. The molecule has 0 aromatic carbocycles. The van der Waals surface area contributed by atoms with Gasteiger partial charge < -0.3 is 19.5 Å². The summed E-state index contributed by atoms with van der Waals surface area (Å²) in [6, 6.07) is 0. The Balaban J connectivity index is 2.24. The van der Waals surface area contributed by atoms with E-state index in [9.17, 15) is 19.2 Å². The molecule has 0 aromatic heterocycles. The molecule has 1 heterocycles. The van der Waals surface area contributed by atoms with Crippen molar-refractivity contribution in [3.8, 4) is 0 Å². The molecule has 1 amide bonds.